The number of phosphoric ester groups is 2. The maximum atomic E-state index is 13.1. The number of aliphatic hydroxyl groups excluding tert-OH is 1. The topological polar surface area (TPSA) is 237 Å². The number of hydrogen-bond donors (Lipinski definition) is 3. The maximum Gasteiger partial charge on any atom is 0.472 e. The Kier molecular flexibility index (Phi) is 72.2. The summed E-state index contributed by atoms with van der Waals surface area (Å²) in [6.07, 6.45) is 63.7. The van der Waals surface area contributed by atoms with Gasteiger partial charge in [0.2, 0.25) is 0 Å². The van der Waals surface area contributed by atoms with Gasteiger partial charge in [0, 0.05) is 25.7 Å². The Hall–Kier alpha value is -1.94. The molecular weight excluding hydrogens is 1320 g/mol. The number of carbonyl (C=O) groups excluding carboxylic acids is 4. The Morgan fingerprint density at radius 3 is 0.752 bits per heavy atom. The highest BCUT2D eigenvalue weighted by molar-refractivity contribution is 7.47. The van der Waals surface area contributed by atoms with Crippen LogP contribution in [-0.2, 0) is 65.4 Å². The summed E-state index contributed by atoms with van der Waals surface area (Å²) < 4.78 is 68.7. The molecule has 17 nitrogen and oxygen atoms in total. The zero-order valence-electron chi connectivity index (χ0n) is 66.2. The van der Waals surface area contributed by atoms with Crippen molar-refractivity contribution >= 4 is 39.5 Å². The van der Waals surface area contributed by atoms with Gasteiger partial charge in [-0.15, -0.1) is 0 Å². The molecule has 101 heavy (non-hydrogen) atoms. The first kappa shape index (κ1) is 99.1. The summed E-state index contributed by atoms with van der Waals surface area (Å²) in [5, 5.41) is 10.6. The minimum absolute atomic E-state index is 0.108. The van der Waals surface area contributed by atoms with Crippen molar-refractivity contribution in [2.45, 2.75) is 452 Å². The second-order valence-electron chi connectivity index (χ2n) is 30.2. The highest BCUT2D eigenvalue weighted by atomic mass is 31.2. The van der Waals surface area contributed by atoms with Crippen LogP contribution in [0.2, 0.25) is 0 Å². The van der Waals surface area contributed by atoms with Crippen LogP contribution in [0.1, 0.15) is 433 Å². The molecule has 0 saturated heterocycles. The van der Waals surface area contributed by atoms with E-state index in [1.807, 2.05) is 0 Å². The molecule has 0 aliphatic rings. The molecule has 0 aromatic rings. The molecule has 0 bridgehead atoms. The van der Waals surface area contributed by atoms with Gasteiger partial charge in [-0.25, -0.2) is 9.13 Å². The molecule has 0 saturated carbocycles. The molecule has 600 valence electrons. The Labute approximate surface area is 619 Å². The van der Waals surface area contributed by atoms with Gasteiger partial charge in [-0.3, -0.25) is 37.3 Å². The zero-order chi connectivity index (χ0) is 74.2. The van der Waals surface area contributed by atoms with Crippen LogP contribution in [-0.4, -0.2) is 96.7 Å². The minimum atomic E-state index is -4.96. The minimum Gasteiger partial charge on any atom is -0.462 e. The van der Waals surface area contributed by atoms with Crippen molar-refractivity contribution in [3.8, 4) is 0 Å². The second-order valence-corrected chi connectivity index (χ2v) is 33.1. The van der Waals surface area contributed by atoms with Crippen LogP contribution in [0, 0.1) is 11.8 Å². The standard InChI is InChI=1S/C82H160O17P2/c1-7-10-12-14-16-18-20-34-40-46-52-58-64-79(84)92-70-77(98-81(86)66-60-54-48-42-35-21-19-17-15-13-11-8-2)72-96-100(88,89)94-68-76(83)69-95-101(90,91)97-73-78(71-93-80(85)65-59-53-47-41-36-31-30-32-38-44-50-56-62-74(4)5)99-82(87)67-61-55-49-43-37-29-27-25-23-22-24-26-28-33-39-45-51-57-63-75(6)9-3/h74-78,83H,7-73H2,1-6H3,(H,88,89)(H,90,91)/t75?,76-,77+,78+/m0/s1. The van der Waals surface area contributed by atoms with Gasteiger partial charge in [-0.2, -0.15) is 0 Å². The van der Waals surface area contributed by atoms with Crippen LogP contribution in [0.15, 0.2) is 0 Å². The number of esters is 4. The molecule has 0 fully saturated rings. The number of unbranched alkanes of at least 4 members (excludes halogenated alkanes) is 50. The molecule has 3 N–H and O–H groups in total. The van der Waals surface area contributed by atoms with Crippen molar-refractivity contribution in [2.75, 3.05) is 39.6 Å². The molecule has 0 aromatic heterocycles. The lowest BCUT2D eigenvalue weighted by atomic mass is 9.99. The zero-order valence-corrected chi connectivity index (χ0v) is 68.0. The highest BCUT2D eigenvalue weighted by Crippen LogP contribution is 2.45. The Bertz CT molecular complexity index is 1940. The molecule has 0 amide bonds. The molecule has 0 aliphatic carbocycles. The maximum absolute atomic E-state index is 13.1. The van der Waals surface area contributed by atoms with Gasteiger partial charge in [0.15, 0.2) is 12.2 Å². The fraction of sp³-hybridized carbons (Fsp3) is 0.951. The third-order valence-electron chi connectivity index (χ3n) is 19.6. The van der Waals surface area contributed by atoms with Gasteiger partial charge in [0.1, 0.15) is 19.3 Å². The fourth-order valence-electron chi connectivity index (χ4n) is 12.7. The smallest absolute Gasteiger partial charge is 0.462 e. The van der Waals surface area contributed by atoms with E-state index in [-0.39, 0.29) is 25.7 Å². The van der Waals surface area contributed by atoms with Crippen LogP contribution in [0.5, 0.6) is 0 Å². The molecule has 3 unspecified atom stereocenters. The summed E-state index contributed by atoms with van der Waals surface area (Å²) in [6.45, 7) is 9.72. The summed E-state index contributed by atoms with van der Waals surface area (Å²) in [7, 11) is -9.92. The van der Waals surface area contributed by atoms with Crippen molar-refractivity contribution in [3.05, 3.63) is 0 Å². The molecule has 0 aromatic carbocycles. The quantitative estimate of drug-likeness (QED) is 0.0222. The van der Waals surface area contributed by atoms with E-state index in [9.17, 15) is 43.2 Å². The highest BCUT2D eigenvalue weighted by Gasteiger charge is 2.30. The van der Waals surface area contributed by atoms with Crippen LogP contribution in [0.25, 0.3) is 0 Å². The largest absolute Gasteiger partial charge is 0.472 e. The Morgan fingerprint density at radius 2 is 0.505 bits per heavy atom. The molecule has 0 spiro atoms. The fourth-order valence-corrected chi connectivity index (χ4v) is 14.3. The summed E-state index contributed by atoms with van der Waals surface area (Å²) in [5.41, 5.74) is 0. The first-order valence-corrected chi connectivity index (χ1v) is 45.5. The number of rotatable bonds is 81. The predicted octanol–water partition coefficient (Wildman–Crippen LogP) is 24.7. The lowest BCUT2D eigenvalue weighted by molar-refractivity contribution is -0.161. The van der Waals surface area contributed by atoms with E-state index in [0.717, 1.165) is 102 Å². The first-order valence-electron chi connectivity index (χ1n) is 42.5. The summed E-state index contributed by atoms with van der Waals surface area (Å²) >= 11 is 0. The number of aliphatic hydroxyl groups is 1. The molecule has 0 rings (SSSR count). The van der Waals surface area contributed by atoms with E-state index >= 15 is 0 Å². The second kappa shape index (κ2) is 73.6. The SMILES string of the molecule is CCCCCCCCCCCCCCC(=O)OC[C@H](COP(=O)(O)OC[C@H](O)COP(=O)(O)OC[C@@H](COC(=O)CCCCCCCCCCCCCCC(C)C)OC(=O)CCCCCCCCCCCCCCCCCCCCC(C)CC)OC(=O)CCCCCCCCCCCCCC. The predicted molar refractivity (Wildman–Crippen MR) is 414 cm³/mol. The lowest BCUT2D eigenvalue weighted by Crippen LogP contribution is -2.30. The summed E-state index contributed by atoms with van der Waals surface area (Å²) in [5.74, 6) is -0.453. The van der Waals surface area contributed by atoms with Gasteiger partial charge in [0.25, 0.3) is 0 Å². The normalized spacial score (nSPS) is 14.2. The van der Waals surface area contributed by atoms with E-state index in [1.165, 1.54) is 250 Å². The van der Waals surface area contributed by atoms with Crippen LogP contribution in [0.3, 0.4) is 0 Å². The van der Waals surface area contributed by atoms with E-state index in [4.69, 9.17) is 37.0 Å². The van der Waals surface area contributed by atoms with Crippen molar-refractivity contribution in [2.24, 2.45) is 11.8 Å². The van der Waals surface area contributed by atoms with E-state index in [1.54, 1.807) is 0 Å². The van der Waals surface area contributed by atoms with E-state index < -0.39 is 97.5 Å². The molecule has 0 radical (unpaired) electrons. The van der Waals surface area contributed by atoms with Crippen molar-refractivity contribution in [1.82, 2.24) is 0 Å². The van der Waals surface area contributed by atoms with Crippen LogP contribution < -0.4 is 0 Å². The Balaban J connectivity index is 5.22. The average Bonchev–Trinajstić information content (AvgIpc) is 1.61. The monoisotopic (exact) mass is 1480 g/mol. The van der Waals surface area contributed by atoms with E-state index in [2.05, 4.69) is 41.5 Å². The molecular formula is C82H160O17P2. The number of ether oxygens (including phenoxy) is 4. The van der Waals surface area contributed by atoms with Crippen molar-refractivity contribution in [3.63, 3.8) is 0 Å². The van der Waals surface area contributed by atoms with Crippen LogP contribution >= 0.6 is 15.6 Å². The molecule has 0 heterocycles. The van der Waals surface area contributed by atoms with Crippen molar-refractivity contribution in [1.29, 1.82) is 0 Å². The number of hydrogen-bond acceptors (Lipinski definition) is 15. The summed E-state index contributed by atoms with van der Waals surface area (Å²) in [4.78, 5) is 73.0. The van der Waals surface area contributed by atoms with Crippen molar-refractivity contribution < 1.29 is 80.2 Å². The Morgan fingerprint density at radius 1 is 0.287 bits per heavy atom. The van der Waals surface area contributed by atoms with Crippen LogP contribution in [0.4, 0.5) is 0 Å². The van der Waals surface area contributed by atoms with Gasteiger partial charge in [-0.05, 0) is 37.5 Å². The average molecular weight is 1480 g/mol. The third-order valence-corrected chi connectivity index (χ3v) is 21.5. The van der Waals surface area contributed by atoms with Gasteiger partial charge < -0.3 is 33.8 Å². The van der Waals surface area contributed by atoms with Gasteiger partial charge in [-0.1, -0.05) is 382 Å². The molecule has 0 aliphatic heterocycles. The van der Waals surface area contributed by atoms with Gasteiger partial charge >= 0.3 is 39.5 Å². The molecule has 19 heteroatoms. The lowest BCUT2D eigenvalue weighted by Gasteiger charge is -2.21. The number of carbonyl (C=O) groups is 4. The molecule has 6 atom stereocenters. The third kappa shape index (κ3) is 74.7. The first-order chi connectivity index (χ1) is 48.9. The summed E-state index contributed by atoms with van der Waals surface area (Å²) in [6, 6.07) is 0. The van der Waals surface area contributed by atoms with E-state index in [0.29, 0.717) is 25.7 Å². The van der Waals surface area contributed by atoms with Gasteiger partial charge in [0.05, 0.1) is 26.4 Å². The number of phosphoric acid groups is 2.